The van der Waals surface area contributed by atoms with Crippen LogP contribution < -0.4 is 5.73 Å². The number of nitrogens with zero attached hydrogens (tertiary/aromatic N) is 1. The van der Waals surface area contributed by atoms with E-state index in [0.29, 0.717) is 13.0 Å². The Balaban J connectivity index is 2.27. The average Bonchev–Trinajstić information content (AvgIpc) is 2.45. The summed E-state index contributed by atoms with van der Waals surface area (Å²) in [7, 11) is 3.41. The van der Waals surface area contributed by atoms with Gasteiger partial charge in [0.15, 0.2) is 0 Å². The van der Waals surface area contributed by atoms with E-state index >= 15 is 0 Å². The molecule has 0 saturated carbocycles. The Kier molecular flexibility index (Phi) is 7.15. The zero-order chi connectivity index (χ0) is 14.1. The van der Waals surface area contributed by atoms with Gasteiger partial charge in [-0.3, -0.25) is 4.79 Å². The molecule has 0 heterocycles. The maximum Gasteiger partial charge on any atom is 0.224 e. The van der Waals surface area contributed by atoms with Crippen molar-refractivity contribution in [1.82, 2.24) is 4.90 Å². The lowest BCUT2D eigenvalue weighted by atomic mass is 10.1. The highest BCUT2D eigenvalue weighted by molar-refractivity contribution is 5.76. The van der Waals surface area contributed by atoms with Crippen molar-refractivity contribution in [2.75, 3.05) is 27.2 Å². The second kappa shape index (κ2) is 8.67. The zero-order valence-electron chi connectivity index (χ0n) is 11.8. The summed E-state index contributed by atoms with van der Waals surface area (Å²) in [5.74, 6) is 0.0883. The van der Waals surface area contributed by atoms with Crippen LogP contribution in [0.4, 0.5) is 0 Å². The molecule has 4 nitrogen and oxygen atoms in total. The second-order valence-corrected chi connectivity index (χ2v) is 4.70. The van der Waals surface area contributed by atoms with Gasteiger partial charge in [-0.15, -0.1) is 0 Å². The Morgan fingerprint density at radius 1 is 1.37 bits per heavy atom. The zero-order valence-corrected chi connectivity index (χ0v) is 11.8. The van der Waals surface area contributed by atoms with Crippen molar-refractivity contribution in [2.24, 2.45) is 5.73 Å². The Morgan fingerprint density at radius 3 is 2.63 bits per heavy atom. The summed E-state index contributed by atoms with van der Waals surface area (Å²) in [5, 5.41) is 0. The van der Waals surface area contributed by atoms with E-state index in [2.05, 4.69) is 12.1 Å². The predicted octanol–water partition coefficient (Wildman–Crippen LogP) is 1.44. The number of ether oxygens (including phenoxy) is 1. The second-order valence-electron chi connectivity index (χ2n) is 4.70. The van der Waals surface area contributed by atoms with Gasteiger partial charge in [-0.1, -0.05) is 30.3 Å². The molecule has 0 bridgehead atoms. The third-order valence-electron chi connectivity index (χ3n) is 3.23. The summed E-state index contributed by atoms with van der Waals surface area (Å²) in [6.07, 6.45) is 2.13. The van der Waals surface area contributed by atoms with Gasteiger partial charge >= 0.3 is 0 Å². The third-order valence-corrected chi connectivity index (χ3v) is 3.23. The van der Waals surface area contributed by atoms with E-state index in [1.54, 1.807) is 12.0 Å². The molecule has 4 heteroatoms. The Bertz CT molecular complexity index is 364. The molecule has 1 atom stereocenters. The lowest BCUT2D eigenvalue weighted by Gasteiger charge is -2.20. The van der Waals surface area contributed by atoms with Crippen molar-refractivity contribution in [1.29, 1.82) is 0 Å². The molecule has 0 aliphatic heterocycles. The Hall–Kier alpha value is -1.39. The fourth-order valence-corrected chi connectivity index (χ4v) is 1.90. The lowest BCUT2D eigenvalue weighted by Crippen LogP contribution is -2.34. The normalized spacial score (nSPS) is 12.2. The molecule has 0 saturated heterocycles. The molecule has 1 aromatic rings. The molecule has 0 fully saturated rings. The van der Waals surface area contributed by atoms with E-state index in [0.717, 1.165) is 19.4 Å². The molecule has 1 amide bonds. The molecule has 0 aliphatic rings. The van der Waals surface area contributed by atoms with Crippen LogP contribution in [0.2, 0.25) is 0 Å². The molecule has 0 aromatic heterocycles. The number of benzene rings is 1. The van der Waals surface area contributed by atoms with E-state index in [9.17, 15) is 4.79 Å². The van der Waals surface area contributed by atoms with Crippen LogP contribution in [0.15, 0.2) is 30.3 Å². The van der Waals surface area contributed by atoms with Gasteiger partial charge in [-0.2, -0.15) is 0 Å². The number of nitrogens with two attached hydrogens (primary N) is 1. The first kappa shape index (κ1) is 15.7. The van der Waals surface area contributed by atoms with Gasteiger partial charge in [-0.05, 0) is 18.4 Å². The van der Waals surface area contributed by atoms with Gasteiger partial charge < -0.3 is 15.4 Å². The Labute approximate surface area is 115 Å². The summed E-state index contributed by atoms with van der Waals surface area (Å²) in [4.78, 5) is 13.7. The molecule has 0 spiro atoms. The minimum Gasteiger partial charge on any atom is -0.380 e. The van der Waals surface area contributed by atoms with Crippen LogP contribution in [-0.2, 0) is 16.0 Å². The summed E-state index contributed by atoms with van der Waals surface area (Å²) >= 11 is 0. The van der Waals surface area contributed by atoms with E-state index in [1.165, 1.54) is 5.56 Å². The van der Waals surface area contributed by atoms with Crippen molar-refractivity contribution < 1.29 is 9.53 Å². The molecule has 0 aliphatic carbocycles. The van der Waals surface area contributed by atoms with E-state index < -0.39 is 0 Å². The monoisotopic (exact) mass is 264 g/mol. The minimum atomic E-state index is -0.177. The van der Waals surface area contributed by atoms with Gasteiger partial charge in [0.2, 0.25) is 5.91 Å². The first-order valence-electron chi connectivity index (χ1n) is 6.68. The van der Waals surface area contributed by atoms with Gasteiger partial charge in [0.05, 0.1) is 12.5 Å². The fraction of sp³-hybridized carbons (Fsp3) is 0.533. The van der Waals surface area contributed by atoms with Crippen LogP contribution in [-0.4, -0.2) is 44.2 Å². The van der Waals surface area contributed by atoms with Crippen LogP contribution in [0.3, 0.4) is 0 Å². The van der Waals surface area contributed by atoms with Crippen LogP contribution in [0.1, 0.15) is 18.4 Å². The van der Waals surface area contributed by atoms with Crippen LogP contribution in [0.25, 0.3) is 0 Å². The molecule has 1 rings (SSSR count). The van der Waals surface area contributed by atoms with Crippen molar-refractivity contribution in [3.05, 3.63) is 35.9 Å². The number of rotatable bonds is 8. The molecular formula is C15H24N2O2. The van der Waals surface area contributed by atoms with Crippen molar-refractivity contribution in [3.63, 3.8) is 0 Å². The van der Waals surface area contributed by atoms with Crippen molar-refractivity contribution >= 4 is 5.91 Å². The van der Waals surface area contributed by atoms with Crippen molar-refractivity contribution in [3.8, 4) is 0 Å². The summed E-state index contributed by atoms with van der Waals surface area (Å²) in [6, 6.07) is 10.3. The first-order valence-corrected chi connectivity index (χ1v) is 6.68. The first-order chi connectivity index (χ1) is 9.17. The maximum atomic E-state index is 11.9. The topological polar surface area (TPSA) is 55.6 Å². The van der Waals surface area contributed by atoms with E-state index in [4.69, 9.17) is 10.5 Å². The van der Waals surface area contributed by atoms with Crippen LogP contribution in [0.5, 0.6) is 0 Å². The molecule has 0 radical (unpaired) electrons. The molecule has 1 aromatic carbocycles. The quantitative estimate of drug-likeness (QED) is 0.773. The number of carbonyl (C=O) groups excluding carboxylic acids is 1. The highest BCUT2D eigenvalue weighted by atomic mass is 16.5. The van der Waals surface area contributed by atoms with Crippen LogP contribution in [0, 0.1) is 0 Å². The summed E-state index contributed by atoms with van der Waals surface area (Å²) < 4.78 is 5.12. The largest absolute Gasteiger partial charge is 0.380 e. The maximum absolute atomic E-state index is 11.9. The van der Waals surface area contributed by atoms with Crippen molar-refractivity contribution in [2.45, 2.75) is 25.4 Å². The van der Waals surface area contributed by atoms with Crippen LogP contribution >= 0.6 is 0 Å². The van der Waals surface area contributed by atoms with Gasteiger partial charge in [0, 0.05) is 27.2 Å². The Morgan fingerprint density at radius 2 is 2.05 bits per heavy atom. The minimum absolute atomic E-state index is 0.0883. The smallest absolute Gasteiger partial charge is 0.224 e. The lowest BCUT2D eigenvalue weighted by molar-refractivity contribution is -0.132. The molecule has 2 N–H and O–H groups in total. The molecule has 106 valence electrons. The molecule has 19 heavy (non-hydrogen) atoms. The highest BCUT2D eigenvalue weighted by Gasteiger charge is 2.14. The van der Waals surface area contributed by atoms with E-state index in [-0.39, 0.29) is 12.0 Å². The number of aryl methyl sites for hydroxylation is 1. The fourth-order valence-electron chi connectivity index (χ4n) is 1.90. The number of hydrogen-bond acceptors (Lipinski definition) is 3. The van der Waals surface area contributed by atoms with Gasteiger partial charge in [0.1, 0.15) is 0 Å². The van der Waals surface area contributed by atoms with Gasteiger partial charge in [-0.25, -0.2) is 0 Å². The molecular weight excluding hydrogens is 240 g/mol. The number of amides is 1. The third kappa shape index (κ3) is 5.85. The summed E-state index contributed by atoms with van der Waals surface area (Å²) in [6.45, 7) is 1.13. The summed E-state index contributed by atoms with van der Waals surface area (Å²) in [5.41, 5.74) is 6.82. The SMILES string of the molecule is COC(CN)CC(=O)N(C)CCCc1ccccc1. The number of hydrogen-bond donors (Lipinski definition) is 1. The average molecular weight is 264 g/mol. The number of carbonyl (C=O) groups is 1. The molecule has 1 unspecified atom stereocenters. The predicted molar refractivity (Wildman–Crippen MR) is 76.9 cm³/mol. The van der Waals surface area contributed by atoms with E-state index in [1.807, 2.05) is 25.2 Å². The highest BCUT2D eigenvalue weighted by Crippen LogP contribution is 2.05. The number of methoxy groups -OCH3 is 1. The van der Waals surface area contributed by atoms with Gasteiger partial charge in [0.25, 0.3) is 0 Å². The standard InChI is InChI=1S/C15H24N2O2/c1-17(15(18)11-14(12-16)19-2)10-6-9-13-7-4-3-5-8-13/h3-5,7-8,14H,6,9-12,16H2,1-2H3.